The van der Waals surface area contributed by atoms with Gasteiger partial charge in [0.1, 0.15) is 6.04 Å². The lowest BCUT2D eigenvalue weighted by molar-refractivity contribution is -0.142. The van der Waals surface area contributed by atoms with E-state index in [0.717, 1.165) is 30.3 Å². The smallest absolute Gasteiger partial charge is 0.322 e. The van der Waals surface area contributed by atoms with Crippen LogP contribution in [0, 0.1) is 0 Å². The molecule has 1 aliphatic heterocycles. The predicted molar refractivity (Wildman–Crippen MR) is 87.7 cm³/mol. The van der Waals surface area contributed by atoms with Crippen molar-refractivity contribution in [2.75, 3.05) is 13.7 Å². The topological polar surface area (TPSA) is 71.2 Å². The molecule has 2 N–H and O–H groups in total. The van der Waals surface area contributed by atoms with Crippen molar-refractivity contribution in [1.82, 2.24) is 10.3 Å². The zero-order chi connectivity index (χ0) is 15.9. The number of aromatic nitrogens is 1. The average molecular weight is 300 g/mol. The van der Waals surface area contributed by atoms with Crippen LogP contribution >= 0.6 is 0 Å². The maximum Gasteiger partial charge on any atom is 0.322 e. The number of esters is 1. The monoisotopic (exact) mass is 300 g/mol. The molecule has 0 bridgehead atoms. The molecule has 0 amide bonds. The highest BCUT2D eigenvalue weighted by molar-refractivity contribution is 5.83. The van der Waals surface area contributed by atoms with Crippen LogP contribution < -0.4 is 10.9 Å². The summed E-state index contributed by atoms with van der Waals surface area (Å²) in [6.45, 7) is 4.60. The van der Waals surface area contributed by atoms with Gasteiger partial charge in [0.2, 0.25) is 0 Å². The zero-order valence-corrected chi connectivity index (χ0v) is 12.6. The minimum absolute atomic E-state index is 0.0324. The van der Waals surface area contributed by atoms with Crippen molar-refractivity contribution in [3.8, 4) is 0 Å². The van der Waals surface area contributed by atoms with E-state index >= 15 is 0 Å². The summed E-state index contributed by atoms with van der Waals surface area (Å²) in [4.78, 5) is 24.7. The third kappa shape index (κ3) is 3.83. The first kappa shape index (κ1) is 16.0. The standard InChI is InChI=1S/C11H9NO.C6H11NO2/c1-2-8-3-4-9-5-6-12-11(13)10(9)7-8;1-9-6(8)5-3-2-4-7-5/h2-7H,1H2,(H,12,13);5,7H,2-4H2,1H3. The number of hydrogen-bond donors (Lipinski definition) is 2. The second-order valence-electron chi connectivity index (χ2n) is 5.03. The third-order valence-corrected chi connectivity index (χ3v) is 3.58. The van der Waals surface area contributed by atoms with Crippen LogP contribution in [0.1, 0.15) is 18.4 Å². The van der Waals surface area contributed by atoms with Gasteiger partial charge in [0.05, 0.1) is 7.11 Å². The highest BCUT2D eigenvalue weighted by Gasteiger charge is 2.21. The number of carbonyl (C=O) groups is 1. The summed E-state index contributed by atoms with van der Waals surface area (Å²) in [6.07, 6.45) is 5.39. The van der Waals surface area contributed by atoms with Crippen LogP contribution in [0.15, 0.2) is 41.8 Å². The Kier molecular flexibility index (Phi) is 5.49. The highest BCUT2D eigenvalue weighted by atomic mass is 16.5. The van der Waals surface area contributed by atoms with E-state index in [2.05, 4.69) is 21.6 Å². The number of ether oxygens (including phenoxy) is 1. The number of carbonyl (C=O) groups excluding carboxylic acids is 1. The van der Waals surface area contributed by atoms with Gasteiger partial charge in [0.15, 0.2) is 0 Å². The average Bonchev–Trinajstić information content (AvgIpc) is 3.09. The van der Waals surface area contributed by atoms with E-state index in [-0.39, 0.29) is 17.6 Å². The Morgan fingerprint density at radius 3 is 2.86 bits per heavy atom. The van der Waals surface area contributed by atoms with Crippen LogP contribution in [-0.4, -0.2) is 30.6 Å². The van der Waals surface area contributed by atoms with Crippen molar-refractivity contribution in [1.29, 1.82) is 0 Å². The van der Waals surface area contributed by atoms with Gasteiger partial charge in [-0.15, -0.1) is 0 Å². The van der Waals surface area contributed by atoms with Gasteiger partial charge in [-0.2, -0.15) is 0 Å². The van der Waals surface area contributed by atoms with E-state index in [9.17, 15) is 9.59 Å². The minimum Gasteiger partial charge on any atom is -0.468 e. The number of benzene rings is 1. The molecule has 1 aromatic carbocycles. The van der Waals surface area contributed by atoms with Crippen molar-refractivity contribution in [3.05, 3.63) is 53.0 Å². The van der Waals surface area contributed by atoms with Gasteiger partial charge in [-0.1, -0.05) is 24.8 Å². The zero-order valence-electron chi connectivity index (χ0n) is 12.6. The summed E-state index contributed by atoms with van der Waals surface area (Å²) in [7, 11) is 1.42. The summed E-state index contributed by atoms with van der Waals surface area (Å²) in [6, 6.07) is 7.54. The van der Waals surface area contributed by atoms with E-state index in [1.807, 2.05) is 24.3 Å². The molecule has 2 aromatic rings. The third-order valence-electron chi connectivity index (χ3n) is 3.58. The molecule has 116 valence electrons. The first-order chi connectivity index (χ1) is 10.7. The van der Waals surface area contributed by atoms with Gasteiger partial charge in [-0.25, -0.2) is 0 Å². The Bertz CT molecular complexity index is 715. The maximum absolute atomic E-state index is 11.4. The summed E-state index contributed by atoms with van der Waals surface area (Å²) >= 11 is 0. The maximum atomic E-state index is 11.4. The minimum atomic E-state index is -0.132. The molecular formula is C17H20N2O3. The van der Waals surface area contributed by atoms with Crippen LogP contribution in [0.3, 0.4) is 0 Å². The molecule has 1 fully saturated rings. The summed E-state index contributed by atoms with van der Waals surface area (Å²) in [5.74, 6) is -0.132. The fourth-order valence-corrected chi connectivity index (χ4v) is 2.36. The fraction of sp³-hybridized carbons (Fsp3) is 0.294. The molecule has 1 aromatic heterocycles. The van der Waals surface area contributed by atoms with Crippen molar-refractivity contribution in [2.24, 2.45) is 0 Å². The fourth-order valence-electron chi connectivity index (χ4n) is 2.36. The highest BCUT2D eigenvalue weighted by Crippen LogP contribution is 2.11. The van der Waals surface area contributed by atoms with Crippen molar-refractivity contribution in [2.45, 2.75) is 18.9 Å². The number of hydrogen-bond acceptors (Lipinski definition) is 4. The second-order valence-corrected chi connectivity index (χ2v) is 5.03. The summed E-state index contributed by atoms with van der Waals surface area (Å²) < 4.78 is 4.53. The summed E-state index contributed by atoms with van der Waals surface area (Å²) in [5.41, 5.74) is 0.908. The van der Waals surface area contributed by atoms with Crippen molar-refractivity contribution >= 4 is 22.8 Å². The molecule has 2 heterocycles. The molecule has 3 rings (SSSR count). The molecule has 0 aliphatic carbocycles. The van der Waals surface area contributed by atoms with Crippen LogP contribution in [0.2, 0.25) is 0 Å². The SMILES string of the molecule is C=Cc1ccc2cc[nH]c(=O)c2c1.COC(=O)C1CCCN1. The number of fused-ring (bicyclic) bond motifs is 1. The number of rotatable bonds is 2. The van der Waals surface area contributed by atoms with Gasteiger partial charge in [-0.3, -0.25) is 9.59 Å². The second kappa shape index (κ2) is 7.56. The molecule has 5 heteroatoms. The first-order valence-corrected chi connectivity index (χ1v) is 7.21. The Morgan fingerprint density at radius 2 is 2.23 bits per heavy atom. The van der Waals surface area contributed by atoms with Crippen LogP contribution in [0.25, 0.3) is 16.8 Å². The van der Waals surface area contributed by atoms with E-state index in [1.165, 1.54) is 7.11 Å². The largest absolute Gasteiger partial charge is 0.468 e. The van der Waals surface area contributed by atoms with E-state index in [1.54, 1.807) is 12.3 Å². The first-order valence-electron chi connectivity index (χ1n) is 7.21. The molecule has 5 nitrogen and oxygen atoms in total. The number of H-pyrrole nitrogens is 1. The Balaban J connectivity index is 0.000000172. The van der Waals surface area contributed by atoms with Crippen LogP contribution in [0.5, 0.6) is 0 Å². The van der Waals surface area contributed by atoms with Gasteiger partial charge >= 0.3 is 5.97 Å². The number of nitrogens with one attached hydrogen (secondary N) is 2. The lowest BCUT2D eigenvalue weighted by Gasteiger charge is -2.04. The number of pyridine rings is 1. The Hall–Kier alpha value is -2.40. The number of aromatic amines is 1. The quantitative estimate of drug-likeness (QED) is 0.833. The predicted octanol–water partition coefficient (Wildman–Crippen LogP) is 2.08. The molecule has 1 unspecified atom stereocenters. The molecule has 1 saturated heterocycles. The van der Waals surface area contributed by atoms with E-state index in [0.29, 0.717) is 5.39 Å². The number of methoxy groups -OCH3 is 1. The van der Waals surface area contributed by atoms with Crippen LogP contribution in [0.4, 0.5) is 0 Å². The van der Waals surface area contributed by atoms with Gasteiger partial charge in [0, 0.05) is 11.6 Å². The molecule has 0 saturated carbocycles. The molecule has 1 aliphatic rings. The molecule has 0 spiro atoms. The van der Waals surface area contributed by atoms with Gasteiger partial charge in [0.25, 0.3) is 5.56 Å². The molecule has 0 radical (unpaired) electrons. The van der Waals surface area contributed by atoms with E-state index < -0.39 is 0 Å². The van der Waals surface area contributed by atoms with E-state index in [4.69, 9.17) is 0 Å². The molecule has 22 heavy (non-hydrogen) atoms. The van der Waals surface area contributed by atoms with Gasteiger partial charge in [-0.05, 0) is 42.5 Å². The summed E-state index contributed by atoms with van der Waals surface area (Å²) in [5, 5.41) is 4.69. The van der Waals surface area contributed by atoms with Crippen molar-refractivity contribution in [3.63, 3.8) is 0 Å². The Morgan fingerprint density at radius 1 is 1.41 bits per heavy atom. The van der Waals surface area contributed by atoms with Crippen molar-refractivity contribution < 1.29 is 9.53 Å². The lowest BCUT2D eigenvalue weighted by atomic mass is 10.1. The molecular weight excluding hydrogens is 280 g/mol. The van der Waals surface area contributed by atoms with Crippen LogP contribution in [-0.2, 0) is 9.53 Å². The van der Waals surface area contributed by atoms with Gasteiger partial charge < -0.3 is 15.0 Å². The Labute approximate surface area is 129 Å². The lowest BCUT2D eigenvalue weighted by Crippen LogP contribution is -2.31. The molecule has 1 atom stereocenters. The normalized spacial score (nSPS) is 16.7.